The van der Waals surface area contributed by atoms with Gasteiger partial charge in [-0.05, 0) is 12.1 Å². The highest BCUT2D eigenvalue weighted by Crippen LogP contribution is 2.36. The first kappa shape index (κ1) is 13.2. The van der Waals surface area contributed by atoms with Gasteiger partial charge in [0.1, 0.15) is 24.1 Å². The number of hydrogen-bond donors (Lipinski definition) is 1. The van der Waals surface area contributed by atoms with Crippen LogP contribution >= 0.6 is 0 Å². The average molecular weight is 292 g/mol. The van der Waals surface area contributed by atoms with Crippen LogP contribution in [0, 0.1) is 0 Å². The lowest BCUT2D eigenvalue weighted by Crippen LogP contribution is -2.32. The number of nitrogens with zero attached hydrogens (tertiary/aromatic N) is 1. The van der Waals surface area contributed by atoms with Gasteiger partial charge in [-0.15, -0.1) is 0 Å². The third-order valence-corrected chi connectivity index (χ3v) is 3.83. The van der Waals surface area contributed by atoms with Crippen LogP contribution in [-0.2, 0) is 14.2 Å². The molecule has 6 heteroatoms. The number of nitrogen functional groups attached to an aromatic ring is 1. The minimum absolute atomic E-state index is 0.228. The third-order valence-electron chi connectivity index (χ3n) is 3.83. The number of anilines is 2. The molecule has 3 heterocycles. The predicted octanol–water partition coefficient (Wildman–Crippen LogP) is 0.650. The molecule has 0 bridgehead atoms. The lowest BCUT2D eigenvalue weighted by Gasteiger charge is -2.27. The molecule has 0 radical (unpaired) electrons. The first-order valence-electron chi connectivity index (χ1n) is 7.40. The molecule has 0 saturated carbocycles. The standard InChI is InChI=1S/C15H20N2O4/c16-13-2-1-3-14(21-9-12-8-20-12)15(13)17(4-10-6-18-10)5-11-7-19-11/h1-3,10-12H,4-9,16H2. The molecule has 3 atom stereocenters. The zero-order chi connectivity index (χ0) is 14.2. The Kier molecular flexibility index (Phi) is 3.37. The van der Waals surface area contributed by atoms with Crippen molar-refractivity contribution >= 4 is 11.4 Å². The van der Waals surface area contributed by atoms with E-state index in [1.54, 1.807) is 0 Å². The highest BCUT2D eigenvalue weighted by molar-refractivity contribution is 5.75. The van der Waals surface area contributed by atoms with Crippen molar-refractivity contribution in [1.82, 2.24) is 0 Å². The normalized spacial score (nSPS) is 29.0. The van der Waals surface area contributed by atoms with E-state index in [4.69, 9.17) is 24.7 Å². The zero-order valence-electron chi connectivity index (χ0n) is 11.9. The Morgan fingerprint density at radius 1 is 1.05 bits per heavy atom. The van der Waals surface area contributed by atoms with Crippen molar-refractivity contribution in [3.05, 3.63) is 18.2 Å². The maximum absolute atomic E-state index is 6.20. The van der Waals surface area contributed by atoms with Crippen LogP contribution in [0.5, 0.6) is 5.75 Å². The van der Waals surface area contributed by atoms with Gasteiger partial charge in [0, 0.05) is 13.1 Å². The van der Waals surface area contributed by atoms with Crippen LogP contribution in [0.1, 0.15) is 0 Å². The Bertz CT molecular complexity index is 498. The Morgan fingerprint density at radius 3 is 2.24 bits per heavy atom. The number of rotatable bonds is 8. The van der Waals surface area contributed by atoms with Gasteiger partial charge in [-0.25, -0.2) is 0 Å². The van der Waals surface area contributed by atoms with Crippen LogP contribution in [0.4, 0.5) is 11.4 Å². The second-order valence-electron chi connectivity index (χ2n) is 5.78. The van der Waals surface area contributed by atoms with E-state index in [0.717, 1.165) is 50.0 Å². The van der Waals surface area contributed by atoms with E-state index in [2.05, 4.69) is 4.90 Å². The number of nitrogens with two attached hydrogens (primary N) is 1. The van der Waals surface area contributed by atoms with E-state index >= 15 is 0 Å². The number of epoxide rings is 3. The van der Waals surface area contributed by atoms with Crippen molar-refractivity contribution < 1.29 is 18.9 Å². The van der Waals surface area contributed by atoms with Crippen molar-refractivity contribution in [2.75, 3.05) is 50.2 Å². The molecular weight excluding hydrogens is 272 g/mol. The quantitative estimate of drug-likeness (QED) is 0.560. The third kappa shape index (κ3) is 3.40. The maximum atomic E-state index is 6.20. The molecular formula is C15H20N2O4. The maximum Gasteiger partial charge on any atom is 0.144 e. The summed E-state index contributed by atoms with van der Waals surface area (Å²) < 4.78 is 21.8. The smallest absolute Gasteiger partial charge is 0.144 e. The van der Waals surface area contributed by atoms with Gasteiger partial charge in [-0.2, -0.15) is 0 Å². The Hall–Kier alpha value is -1.50. The van der Waals surface area contributed by atoms with Gasteiger partial charge in [0.25, 0.3) is 0 Å². The van der Waals surface area contributed by atoms with Crippen LogP contribution in [0.3, 0.4) is 0 Å². The van der Waals surface area contributed by atoms with E-state index in [0.29, 0.717) is 18.8 Å². The molecule has 4 rings (SSSR count). The lowest BCUT2D eigenvalue weighted by atomic mass is 10.2. The highest BCUT2D eigenvalue weighted by Gasteiger charge is 2.33. The van der Waals surface area contributed by atoms with Crippen LogP contribution < -0.4 is 15.4 Å². The van der Waals surface area contributed by atoms with Crippen LogP contribution in [0.2, 0.25) is 0 Å². The highest BCUT2D eigenvalue weighted by atomic mass is 16.6. The molecule has 3 fully saturated rings. The van der Waals surface area contributed by atoms with Crippen molar-refractivity contribution in [3.8, 4) is 5.75 Å². The number of para-hydroxylation sites is 1. The largest absolute Gasteiger partial charge is 0.489 e. The summed E-state index contributed by atoms with van der Waals surface area (Å²) in [6.45, 7) is 4.65. The molecule has 0 spiro atoms. The lowest BCUT2D eigenvalue weighted by molar-refractivity contribution is 0.263. The first-order valence-corrected chi connectivity index (χ1v) is 7.40. The van der Waals surface area contributed by atoms with Crippen molar-refractivity contribution in [2.45, 2.75) is 18.3 Å². The van der Waals surface area contributed by atoms with Gasteiger partial charge >= 0.3 is 0 Å². The summed E-state index contributed by atoms with van der Waals surface area (Å²) in [7, 11) is 0. The fraction of sp³-hybridized carbons (Fsp3) is 0.600. The topological polar surface area (TPSA) is 76.1 Å². The second kappa shape index (κ2) is 5.36. The molecule has 0 amide bonds. The summed E-state index contributed by atoms with van der Waals surface area (Å²) in [4.78, 5) is 2.23. The molecule has 114 valence electrons. The average Bonchev–Trinajstić information content (AvgIpc) is 3.33. The van der Waals surface area contributed by atoms with Gasteiger partial charge in [-0.3, -0.25) is 0 Å². The Morgan fingerprint density at radius 2 is 1.67 bits per heavy atom. The molecule has 6 nitrogen and oxygen atoms in total. The van der Waals surface area contributed by atoms with Gasteiger partial charge < -0.3 is 29.6 Å². The van der Waals surface area contributed by atoms with E-state index in [1.807, 2.05) is 18.2 Å². The zero-order valence-corrected chi connectivity index (χ0v) is 11.9. The minimum Gasteiger partial charge on any atom is -0.489 e. The van der Waals surface area contributed by atoms with Crippen molar-refractivity contribution in [3.63, 3.8) is 0 Å². The van der Waals surface area contributed by atoms with E-state index in [1.165, 1.54) is 0 Å². The summed E-state index contributed by atoms with van der Waals surface area (Å²) in [5.41, 5.74) is 7.88. The van der Waals surface area contributed by atoms with Gasteiger partial charge in [0.2, 0.25) is 0 Å². The molecule has 3 aliphatic rings. The van der Waals surface area contributed by atoms with E-state index in [-0.39, 0.29) is 6.10 Å². The number of benzene rings is 1. The van der Waals surface area contributed by atoms with Crippen LogP contribution in [-0.4, -0.2) is 57.8 Å². The van der Waals surface area contributed by atoms with Crippen molar-refractivity contribution in [2.24, 2.45) is 0 Å². The summed E-state index contributed by atoms with van der Waals surface area (Å²) in [6.07, 6.45) is 0.817. The summed E-state index contributed by atoms with van der Waals surface area (Å²) in [6, 6.07) is 5.79. The predicted molar refractivity (Wildman–Crippen MR) is 77.8 cm³/mol. The Balaban J connectivity index is 1.55. The van der Waals surface area contributed by atoms with Crippen LogP contribution in [0.25, 0.3) is 0 Å². The minimum atomic E-state index is 0.228. The Labute approximate surface area is 123 Å². The molecule has 2 N–H and O–H groups in total. The molecule has 0 aromatic heterocycles. The van der Waals surface area contributed by atoms with Gasteiger partial charge in [0.05, 0.1) is 37.7 Å². The first-order chi connectivity index (χ1) is 10.3. The molecule has 21 heavy (non-hydrogen) atoms. The van der Waals surface area contributed by atoms with E-state index < -0.39 is 0 Å². The summed E-state index contributed by atoms with van der Waals surface area (Å²) >= 11 is 0. The summed E-state index contributed by atoms with van der Waals surface area (Å²) in [5, 5.41) is 0. The van der Waals surface area contributed by atoms with Crippen LogP contribution in [0.15, 0.2) is 18.2 Å². The van der Waals surface area contributed by atoms with Gasteiger partial charge in [0.15, 0.2) is 0 Å². The number of ether oxygens (including phenoxy) is 4. The second-order valence-corrected chi connectivity index (χ2v) is 5.78. The van der Waals surface area contributed by atoms with Gasteiger partial charge in [-0.1, -0.05) is 6.07 Å². The van der Waals surface area contributed by atoms with Crippen molar-refractivity contribution in [1.29, 1.82) is 0 Å². The SMILES string of the molecule is Nc1cccc(OCC2CO2)c1N(CC1CO1)CC1CO1. The molecule has 3 aliphatic heterocycles. The molecule has 3 unspecified atom stereocenters. The fourth-order valence-electron chi connectivity index (χ4n) is 2.44. The van der Waals surface area contributed by atoms with E-state index in [9.17, 15) is 0 Å². The molecule has 1 aromatic rings. The monoisotopic (exact) mass is 292 g/mol. The molecule has 0 aliphatic carbocycles. The fourth-order valence-corrected chi connectivity index (χ4v) is 2.44. The summed E-state index contributed by atoms with van der Waals surface area (Å²) in [5.74, 6) is 0.812. The molecule has 3 saturated heterocycles. The number of hydrogen-bond acceptors (Lipinski definition) is 6. The molecule has 1 aromatic carbocycles.